The van der Waals surface area contributed by atoms with Crippen LogP contribution in [0.5, 0.6) is 0 Å². The maximum atomic E-state index is 9.45. The molecule has 6 N–H and O–H groups in total. The van der Waals surface area contributed by atoms with Crippen LogP contribution in [0.1, 0.15) is 17.0 Å². The van der Waals surface area contributed by atoms with Crippen LogP contribution in [0.15, 0.2) is 83.6 Å². The Bertz CT molecular complexity index is 1360. The fraction of sp³-hybridized carbons (Fsp3) is 0.0769. The molecule has 9 nitrogen and oxygen atoms in total. The SMILES string of the molecule is Cl.ClCc1nc(-c2ccc(Cl)cc2)no1.N#Cc1ccc(Cl)cc1.N/C(=C/O)c1ccc(Cl)cc1.NO.O=C(Cl)CCl. The zero-order valence-electron chi connectivity index (χ0n) is 21.3. The second-order valence-electron chi connectivity index (χ2n) is 6.85. The zero-order chi connectivity index (χ0) is 31.2. The van der Waals surface area contributed by atoms with Crippen molar-refractivity contribution in [3.8, 4) is 17.5 Å². The summed E-state index contributed by atoms with van der Waals surface area (Å²) >= 11 is 32.0. The van der Waals surface area contributed by atoms with E-state index < -0.39 is 5.24 Å². The molecule has 0 aliphatic rings. The van der Waals surface area contributed by atoms with Gasteiger partial charge in [0.25, 0.3) is 0 Å². The van der Waals surface area contributed by atoms with E-state index in [4.69, 9.17) is 95.4 Å². The minimum absolute atomic E-state index is 0. The van der Waals surface area contributed by atoms with Gasteiger partial charge in [0.05, 0.1) is 23.2 Å². The molecule has 0 amide bonds. The Morgan fingerprint density at radius 1 is 0.905 bits per heavy atom. The van der Waals surface area contributed by atoms with Crippen LogP contribution in [-0.2, 0) is 10.7 Å². The maximum absolute atomic E-state index is 9.45. The van der Waals surface area contributed by atoms with Gasteiger partial charge >= 0.3 is 0 Å². The highest BCUT2D eigenvalue weighted by Crippen LogP contribution is 2.19. The average molecular weight is 719 g/mol. The summed E-state index contributed by atoms with van der Waals surface area (Å²) in [6.07, 6.45) is 0.864. The van der Waals surface area contributed by atoms with Gasteiger partial charge in [-0.1, -0.05) is 52.1 Å². The molecular weight excluding hydrogens is 694 g/mol. The minimum atomic E-state index is -0.508. The monoisotopic (exact) mass is 715 g/mol. The summed E-state index contributed by atoms with van der Waals surface area (Å²) in [4.78, 5) is 13.5. The molecular formula is C26H24Cl7N5O4. The van der Waals surface area contributed by atoms with Crippen LogP contribution in [0.3, 0.4) is 0 Å². The van der Waals surface area contributed by atoms with Crippen molar-refractivity contribution in [2.75, 3.05) is 5.88 Å². The summed E-state index contributed by atoms with van der Waals surface area (Å²) in [5.41, 5.74) is 8.00. The number of benzene rings is 3. The third kappa shape index (κ3) is 17.9. The van der Waals surface area contributed by atoms with Gasteiger partial charge in [-0.05, 0) is 72.3 Å². The first-order chi connectivity index (χ1) is 19.6. The van der Waals surface area contributed by atoms with E-state index in [-0.39, 0.29) is 24.2 Å². The number of carbonyl (C=O) groups is 1. The number of aliphatic hydroxyl groups is 1. The van der Waals surface area contributed by atoms with E-state index in [0.29, 0.717) is 38.0 Å². The normalized spacial score (nSPS) is 9.36. The lowest BCUT2D eigenvalue weighted by molar-refractivity contribution is -0.109. The van der Waals surface area contributed by atoms with E-state index in [2.05, 4.69) is 16.0 Å². The number of nitrogens with two attached hydrogens (primary N) is 2. The van der Waals surface area contributed by atoms with Gasteiger partial charge in [-0.2, -0.15) is 10.2 Å². The van der Waals surface area contributed by atoms with E-state index in [9.17, 15) is 4.79 Å². The lowest BCUT2D eigenvalue weighted by Gasteiger charge is -1.98. The predicted molar refractivity (Wildman–Crippen MR) is 172 cm³/mol. The number of nitriles is 1. The molecule has 0 spiro atoms. The van der Waals surface area contributed by atoms with Crippen molar-refractivity contribution in [1.82, 2.24) is 10.1 Å². The van der Waals surface area contributed by atoms with E-state index in [1.54, 1.807) is 60.7 Å². The Morgan fingerprint density at radius 2 is 1.33 bits per heavy atom. The van der Waals surface area contributed by atoms with Gasteiger partial charge < -0.3 is 20.6 Å². The van der Waals surface area contributed by atoms with Crippen LogP contribution >= 0.6 is 82.0 Å². The third-order valence-electron chi connectivity index (χ3n) is 4.08. The van der Waals surface area contributed by atoms with Crippen molar-refractivity contribution in [1.29, 1.82) is 5.26 Å². The summed E-state index contributed by atoms with van der Waals surface area (Å²) in [6, 6.07) is 22.9. The fourth-order valence-corrected chi connectivity index (χ4v) is 2.75. The largest absolute Gasteiger partial charge is 0.513 e. The van der Waals surface area contributed by atoms with Crippen molar-refractivity contribution in [2.24, 2.45) is 11.6 Å². The Kier molecular flexibility index (Phi) is 24.4. The quantitative estimate of drug-likeness (QED) is 0.0702. The van der Waals surface area contributed by atoms with Gasteiger partial charge in [-0.25, -0.2) is 5.90 Å². The van der Waals surface area contributed by atoms with Gasteiger partial charge in [0.1, 0.15) is 12.1 Å². The molecule has 0 atom stereocenters. The highest BCUT2D eigenvalue weighted by Gasteiger charge is 2.06. The van der Waals surface area contributed by atoms with Crippen molar-refractivity contribution in [3.05, 3.63) is 111 Å². The van der Waals surface area contributed by atoms with Crippen LogP contribution in [-0.4, -0.2) is 31.6 Å². The summed E-state index contributed by atoms with van der Waals surface area (Å²) in [5, 5.41) is 28.6. The molecule has 0 radical (unpaired) electrons. The summed E-state index contributed by atoms with van der Waals surface area (Å²) in [7, 11) is 0. The topological polar surface area (TPSA) is 172 Å². The van der Waals surface area contributed by atoms with Gasteiger partial charge in [0.15, 0.2) is 0 Å². The zero-order valence-corrected chi connectivity index (χ0v) is 26.7. The Labute approximate surface area is 278 Å². The van der Waals surface area contributed by atoms with Crippen molar-refractivity contribution >= 4 is 93.0 Å². The first kappa shape index (κ1) is 41.4. The van der Waals surface area contributed by atoms with Crippen LogP contribution in [0.25, 0.3) is 17.1 Å². The Morgan fingerprint density at radius 3 is 1.69 bits per heavy atom. The van der Waals surface area contributed by atoms with E-state index in [0.717, 1.165) is 17.4 Å². The lowest BCUT2D eigenvalue weighted by atomic mass is 10.2. The molecule has 16 heteroatoms. The summed E-state index contributed by atoms with van der Waals surface area (Å²) in [6.45, 7) is 0. The number of halogens is 7. The van der Waals surface area contributed by atoms with Gasteiger partial charge in [-0.3, -0.25) is 4.79 Å². The van der Waals surface area contributed by atoms with Crippen LogP contribution < -0.4 is 11.6 Å². The lowest BCUT2D eigenvalue weighted by Crippen LogP contribution is -1.94. The molecule has 0 fully saturated rings. The number of nitrogens with zero attached hydrogens (tertiary/aromatic N) is 3. The molecule has 1 aromatic heterocycles. The highest BCUT2D eigenvalue weighted by molar-refractivity contribution is 6.67. The first-order valence-electron chi connectivity index (χ1n) is 10.8. The number of hydrogen-bond acceptors (Lipinski definition) is 9. The number of rotatable bonds is 4. The Balaban J connectivity index is 0. The first-order valence-corrected chi connectivity index (χ1v) is 13.4. The molecule has 4 aromatic rings. The van der Waals surface area contributed by atoms with E-state index in [1.165, 1.54) is 0 Å². The number of alkyl halides is 2. The van der Waals surface area contributed by atoms with Gasteiger partial charge in [-0.15, -0.1) is 35.6 Å². The molecule has 226 valence electrons. The molecule has 3 aromatic carbocycles. The molecule has 0 aliphatic carbocycles. The highest BCUT2D eigenvalue weighted by atomic mass is 35.5. The number of carbonyl (C=O) groups excluding carboxylic acids is 1. The van der Waals surface area contributed by atoms with E-state index in [1.807, 2.05) is 18.2 Å². The molecule has 0 aliphatic heterocycles. The smallest absolute Gasteiger partial charge is 0.241 e. The summed E-state index contributed by atoms with van der Waals surface area (Å²) < 4.78 is 4.87. The number of aromatic nitrogens is 2. The van der Waals surface area contributed by atoms with Gasteiger partial charge in [0, 0.05) is 26.2 Å². The van der Waals surface area contributed by atoms with Gasteiger partial charge in [0.2, 0.25) is 17.0 Å². The molecule has 1 heterocycles. The Hall–Kier alpha value is -2.75. The van der Waals surface area contributed by atoms with E-state index >= 15 is 0 Å². The predicted octanol–water partition coefficient (Wildman–Crippen LogP) is 8.24. The second-order valence-corrected chi connectivity index (χ2v) is 9.12. The maximum Gasteiger partial charge on any atom is 0.241 e. The fourth-order valence-electron chi connectivity index (χ4n) is 2.27. The standard InChI is InChI=1S/C9H6Cl2N2O.C8H8ClNO.C7H4ClN.C2H2Cl2O.ClH.H3NO/c10-5-8-12-9(13-14-8)6-1-3-7(11)4-2-6;9-7-3-1-6(2-4-7)8(10)5-11;8-7-3-1-6(5-9)2-4-7;3-1-2(4)5;;1-2/h1-4H,5H2;1-5,11H,10H2;1-4H;1H2;1H;2H,1H2/b;8-5+;;;;. The van der Waals surface area contributed by atoms with Crippen LogP contribution in [0.4, 0.5) is 0 Å². The van der Waals surface area contributed by atoms with Crippen LogP contribution in [0.2, 0.25) is 15.1 Å². The number of aliphatic hydroxyl groups excluding tert-OH is 1. The molecule has 0 unspecified atom stereocenters. The molecule has 4 rings (SSSR count). The second kappa shape index (κ2) is 24.8. The third-order valence-corrected chi connectivity index (χ3v) is 5.58. The number of hydrogen-bond donors (Lipinski definition) is 4. The molecule has 42 heavy (non-hydrogen) atoms. The summed E-state index contributed by atoms with van der Waals surface area (Å²) in [5.74, 6) is 4.57. The van der Waals surface area contributed by atoms with Crippen LogP contribution in [0, 0.1) is 11.3 Å². The average Bonchev–Trinajstić information content (AvgIpc) is 3.49. The van der Waals surface area contributed by atoms with Crippen molar-refractivity contribution in [2.45, 2.75) is 5.88 Å². The van der Waals surface area contributed by atoms with Crippen molar-refractivity contribution < 1.29 is 19.6 Å². The molecule has 0 bridgehead atoms. The molecule has 0 saturated heterocycles. The molecule has 0 saturated carbocycles. The minimum Gasteiger partial charge on any atom is -0.513 e. The van der Waals surface area contributed by atoms with Crippen molar-refractivity contribution in [3.63, 3.8) is 0 Å².